The highest BCUT2D eigenvalue weighted by molar-refractivity contribution is 5.30. The van der Waals surface area contributed by atoms with Crippen LogP contribution in [0.15, 0.2) is 24.5 Å². The zero-order valence-corrected chi connectivity index (χ0v) is 9.85. The number of ether oxygens (including phenoxy) is 1. The molecule has 0 fully saturated rings. The highest BCUT2D eigenvalue weighted by Gasteiger charge is 2.08. The van der Waals surface area contributed by atoms with E-state index < -0.39 is 5.95 Å². The molecule has 0 saturated heterocycles. The van der Waals surface area contributed by atoms with Crippen LogP contribution in [-0.2, 0) is 13.0 Å². The Morgan fingerprint density at radius 2 is 2.24 bits per heavy atom. The molecule has 0 aromatic carbocycles. The molecule has 0 spiro atoms. The zero-order chi connectivity index (χ0) is 12.3. The second-order valence-electron chi connectivity index (χ2n) is 3.68. The number of hydrogen-bond donors (Lipinski definition) is 0. The van der Waals surface area contributed by atoms with Gasteiger partial charge in [0.15, 0.2) is 0 Å². The van der Waals surface area contributed by atoms with Gasteiger partial charge in [-0.15, -0.1) is 0 Å². The minimum absolute atomic E-state index is 0.328. The standard InChI is InChI=1S/C12H14FN3O/c1-3-16-8-9(7-14-16)6-10-4-5-11(13)15-12(10)17-2/h4-5,7-8H,3,6H2,1-2H3. The van der Waals surface area contributed by atoms with Gasteiger partial charge in [-0.2, -0.15) is 14.5 Å². The molecule has 0 aliphatic rings. The van der Waals surface area contributed by atoms with Gasteiger partial charge < -0.3 is 4.74 Å². The summed E-state index contributed by atoms with van der Waals surface area (Å²) in [4.78, 5) is 3.70. The molecule has 0 bridgehead atoms. The number of aryl methyl sites for hydroxylation is 1. The number of nitrogens with zero attached hydrogens (tertiary/aromatic N) is 3. The maximum atomic E-state index is 12.9. The molecule has 17 heavy (non-hydrogen) atoms. The van der Waals surface area contributed by atoms with E-state index in [9.17, 15) is 4.39 Å². The fraction of sp³-hybridized carbons (Fsp3) is 0.333. The van der Waals surface area contributed by atoms with Crippen molar-refractivity contribution in [3.05, 3.63) is 41.6 Å². The van der Waals surface area contributed by atoms with E-state index in [1.165, 1.54) is 13.2 Å². The fourth-order valence-electron chi connectivity index (χ4n) is 1.65. The quantitative estimate of drug-likeness (QED) is 0.761. The molecule has 0 unspecified atom stereocenters. The first kappa shape index (κ1) is 11.6. The minimum atomic E-state index is -0.533. The van der Waals surface area contributed by atoms with E-state index in [-0.39, 0.29) is 0 Å². The van der Waals surface area contributed by atoms with Crippen LogP contribution in [0.3, 0.4) is 0 Å². The van der Waals surface area contributed by atoms with Gasteiger partial charge in [-0.05, 0) is 24.6 Å². The summed E-state index contributed by atoms with van der Waals surface area (Å²) in [6.45, 7) is 2.86. The summed E-state index contributed by atoms with van der Waals surface area (Å²) in [6.07, 6.45) is 4.39. The van der Waals surface area contributed by atoms with E-state index in [1.807, 2.05) is 17.8 Å². The molecule has 5 heteroatoms. The molecule has 2 aromatic heterocycles. The highest BCUT2D eigenvalue weighted by atomic mass is 19.1. The van der Waals surface area contributed by atoms with Gasteiger partial charge in [-0.3, -0.25) is 4.68 Å². The lowest BCUT2D eigenvalue weighted by atomic mass is 10.1. The first-order chi connectivity index (χ1) is 8.22. The van der Waals surface area contributed by atoms with Gasteiger partial charge in [0.25, 0.3) is 0 Å². The maximum Gasteiger partial charge on any atom is 0.219 e. The van der Waals surface area contributed by atoms with Gasteiger partial charge in [-0.1, -0.05) is 0 Å². The highest BCUT2D eigenvalue weighted by Crippen LogP contribution is 2.19. The summed E-state index contributed by atoms with van der Waals surface area (Å²) >= 11 is 0. The van der Waals surface area contributed by atoms with Crippen molar-refractivity contribution in [1.82, 2.24) is 14.8 Å². The van der Waals surface area contributed by atoms with Crippen molar-refractivity contribution < 1.29 is 9.13 Å². The van der Waals surface area contributed by atoms with Crippen molar-refractivity contribution in [2.75, 3.05) is 7.11 Å². The Hall–Kier alpha value is -1.91. The molecule has 2 aromatic rings. The first-order valence-corrected chi connectivity index (χ1v) is 5.43. The van der Waals surface area contributed by atoms with Crippen LogP contribution >= 0.6 is 0 Å². The predicted molar refractivity (Wildman–Crippen MR) is 61.5 cm³/mol. The van der Waals surface area contributed by atoms with E-state index in [0.717, 1.165) is 17.7 Å². The lowest BCUT2D eigenvalue weighted by Gasteiger charge is -2.05. The van der Waals surface area contributed by atoms with E-state index >= 15 is 0 Å². The normalized spacial score (nSPS) is 10.5. The summed E-state index contributed by atoms with van der Waals surface area (Å²) in [7, 11) is 1.49. The van der Waals surface area contributed by atoms with Crippen LogP contribution < -0.4 is 4.74 Å². The first-order valence-electron chi connectivity index (χ1n) is 5.43. The van der Waals surface area contributed by atoms with Gasteiger partial charge in [0, 0.05) is 24.7 Å². The number of hydrogen-bond acceptors (Lipinski definition) is 3. The second kappa shape index (κ2) is 4.95. The van der Waals surface area contributed by atoms with Crippen LogP contribution in [0.2, 0.25) is 0 Å². The molecular weight excluding hydrogens is 221 g/mol. The second-order valence-corrected chi connectivity index (χ2v) is 3.68. The average molecular weight is 235 g/mol. The minimum Gasteiger partial charge on any atom is -0.481 e. The van der Waals surface area contributed by atoms with Crippen molar-refractivity contribution >= 4 is 0 Å². The van der Waals surface area contributed by atoms with E-state index in [0.29, 0.717) is 12.3 Å². The number of rotatable bonds is 4. The fourth-order valence-corrected chi connectivity index (χ4v) is 1.65. The summed E-state index contributed by atoms with van der Waals surface area (Å²) in [6, 6.07) is 3.02. The van der Waals surface area contributed by atoms with Crippen LogP contribution in [-0.4, -0.2) is 21.9 Å². The number of halogens is 1. The monoisotopic (exact) mass is 235 g/mol. The van der Waals surface area contributed by atoms with Gasteiger partial charge in [0.05, 0.1) is 13.3 Å². The third-order valence-corrected chi connectivity index (χ3v) is 2.50. The molecule has 0 N–H and O–H groups in total. The molecule has 0 radical (unpaired) electrons. The maximum absolute atomic E-state index is 12.9. The largest absolute Gasteiger partial charge is 0.481 e. The average Bonchev–Trinajstić information content (AvgIpc) is 2.79. The van der Waals surface area contributed by atoms with Crippen LogP contribution in [0.25, 0.3) is 0 Å². The Balaban J connectivity index is 2.23. The Kier molecular flexibility index (Phi) is 3.37. The van der Waals surface area contributed by atoms with E-state index in [1.54, 1.807) is 12.3 Å². The van der Waals surface area contributed by atoms with Gasteiger partial charge in [0.1, 0.15) is 0 Å². The molecular formula is C12H14FN3O. The topological polar surface area (TPSA) is 39.9 Å². The van der Waals surface area contributed by atoms with Crippen molar-refractivity contribution in [2.45, 2.75) is 19.9 Å². The zero-order valence-electron chi connectivity index (χ0n) is 9.85. The molecule has 4 nitrogen and oxygen atoms in total. The van der Waals surface area contributed by atoms with Gasteiger partial charge >= 0.3 is 0 Å². The van der Waals surface area contributed by atoms with Crippen LogP contribution in [0, 0.1) is 5.95 Å². The number of pyridine rings is 1. The molecule has 0 aliphatic carbocycles. The lowest BCUT2D eigenvalue weighted by Crippen LogP contribution is -1.98. The SMILES string of the molecule is CCn1cc(Cc2ccc(F)nc2OC)cn1. The van der Waals surface area contributed by atoms with Crippen LogP contribution in [0.4, 0.5) is 4.39 Å². The molecule has 0 aliphatic heterocycles. The molecule has 2 heterocycles. The predicted octanol–water partition coefficient (Wildman–Crippen LogP) is 2.04. The number of aromatic nitrogens is 3. The Labute approximate surface area is 99.1 Å². The lowest BCUT2D eigenvalue weighted by molar-refractivity contribution is 0.383. The molecule has 2 rings (SSSR count). The summed E-state index contributed by atoms with van der Waals surface area (Å²) in [5.41, 5.74) is 1.91. The Morgan fingerprint density at radius 3 is 2.88 bits per heavy atom. The van der Waals surface area contributed by atoms with Crippen molar-refractivity contribution in [1.29, 1.82) is 0 Å². The van der Waals surface area contributed by atoms with Gasteiger partial charge in [-0.25, -0.2) is 0 Å². The van der Waals surface area contributed by atoms with Crippen LogP contribution in [0.5, 0.6) is 5.88 Å². The molecule has 90 valence electrons. The van der Waals surface area contributed by atoms with E-state index in [4.69, 9.17) is 4.74 Å². The molecule has 0 amide bonds. The summed E-state index contributed by atoms with van der Waals surface area (Å²) in [5.74, 6) is -0.205. The Bertz CT molecular complexity index is 510. The molecule has 0 atom stereocenters. The smallest absolute Gasteiger partial charge is 0.219 e. The van der Waals surface area contributed by atoms with Crippen molar-refractivity contribution in [3.8, 4) is 5.88 Å². The third-order valence-electron chi connectivity index (χ3n) is 2.50. The van der Waals surface area contributed by atoms with Crippen molar-refractivity contribution in [3.63, 3.8) is 0 Å². The van der Waals surface area contributed by atoms with Crippen LogP contribution in [0.1, 0.15) is 18.1 Å². The van der Waals surface area contributed by atoms with Gasteiger partial charge in [0.2, 0.25) is 11.8 Å². The summed E-state index contributed by atoms with van der Waals surface area (Å²) < 4.78 is 19.8. The molecule has 0 saturated carbocycles. The Morgan fingerprint density at radius 1 is 1.41 bits per heavy atom. The third kappa shape index (κ3) is 2.61. The van der Waals surface area contributed by atoms with Crippen molar-refractivity contribution in [2.24, 2.45) is 0 Å². The number of methoxy groups -OCH3 is 1. The summed E-state index contributed by atoms with van der Waals surface area (Å²) in [5, 5.41) is 4.19. The van der Waals surface area contributed by atoms with E-state index in [2.05, 4.69) is 10.1 Å².